The number of nitrogens with one attached hydrogen (secondary N) is 2. The van der Waals surface area contributed by atoms with Crippen molar-refractivity contribution in [3.63, 3.8) is 0 Å². The third kappa shape index (κ3) is 4.07. The maximum atomic E-state index is 12.7. The van der Waals surface area contributed by atoms with Crippen LogP contribution in [0.15, 0.2) is 45.9 Å². The van der Waals surface area contributed by atoms with E-state index in [-0.39, 0.29) is 23.5 Å². The van der Waals surface area contributed by atoms with Gasteiger partial charge >= 0.3 is 6.03 Å². The van der Waals surface area contributed by atoms with Crippen molar-refractivity contribution in [1.82, 2.24) is 10.0 Å². The Morgan fingerprint density at radius 1 is 1.18 bits per heavy atom. The number of fused-ring (bicyclic) bond motifs is 1. The van der Waals surface area contributed by atoms with Crippen molar-refractivity contribution in [1.29, 1.82) is 0 Å². The molecule has 1 aromatic carbocycles. The molecule has 28 heavy (non-hydrogen) atoms. The second-order valence-corrected chi connectivity index (χ2v) is 9.15. The maximum Gasteiger partial charge on any atom is 0.322 e. The van der Waals surface area contributed by atoms with E-state index >= 15 is 0 Å². The van der Waals surface area contributed by atoms with Gasteiger partial charge in [0.05, 0.1) is 17.7 Å². The molecule has 2 heterocycles. The Morgan fingerprint density at radius 3 is 2.75 bits per heavy atom. The van der Waals surface area contributed by atoms with Gasteiger partial charge in [-0.1, -0.05) is 19.3 Å². The molecule has 0 bridgehead atoms. The molecule has 2 N–H and O–H groups in total. The van der Waals surface area contributed by atoms with E-state index in [1.807, 2.05) is 0 Å². The molecule has 2 amide bonds. The lowest BCUT2D eigenvalue weighted by atomic mass is 9.96. The van der Waals surface area contributed by atoms with E-state index in [1.165, 1.54) is 12.7 Å². The summed E-state index contributed by atoms with van der Waals surface area (Å²) in [5, 5.41) is 3.13. The number of carbonyl (C=O) groups excluding carboxylic acids is 1. The van der Waals surface area contributed by atoms with Crippen LogP contribution in [0.3, 0.4) is 0 Å². The summed E-state index contributed by atoms with van der Waals surface area (Å²) >= 11 is 0. The van der Waals surface area contributed by atoms with Crippen LogP contribution in [-0.4, -0.2) is 27.0 Å². The quantitative estimate of drug-likeness (QED) is 0.802. The molecule has 7 nitrogen and oxygen atoms in total. The molecule has 1 aliphatic carbocycles. The van der Waals surface area contributed by atoms with Gasteiger partial charge in [-0.2, -0.15) is 0 Å². The number of benzene rings is 1. The fraction of sp³-hybridized carbons (Fsp3) is 0.450. The lowest BCUT2D eigenvalue weighted by Gasteiger charge is -2.26. The molecular weight excluding hydrogens is 378 g/mol. The van der Waals surface area contributed by atoms with Crippen molar-refractivity contribution >= 4 is 21.7 Å². The van der Waals surface area contributed by atoms with Crippen molar-refractivity contribution in [2.24, 2.45) is 0 Å². The molecule has 150 valence electrons. The molecule has 0 unspecified atom stereocenters. The zero-order valence-corrected chi connectivity index (χ0v) is 16.5. The highest BCUT2D eigenvalue weighted by molar-refractivity contribution is 7.89. The molecule has 0 saturated heterocycles. The molecule has 1 fully saturated rings. The molecular formula is C20H25N3O4S. The molecule has 2 aromatic rings. The highest BCUT2D eigenvalue weighted by Crippen LogP contribution is 2.30. The Hall–Kier alpha value is -2.32. The van der Waals surface area contributed by atoms with Gasteiger partial charge in [-0.15, -0.1) is 0 Å². The molecule has 1 saturated carbocycles. The molecule has 1 aliphatic heterocycles. The number of rotatable bonds is 5. The minimum atomic E-state index is -3.65. The van der Waals surface area contributed by atoms with Gasteiger partial charge in [0.25, 0.3) is 0 Å². The number of hydrogen-bond donors (Lipinski definition) is 2. The molecule has 4 rings (SSSR count). The molecule has 0 atom stereocenters. The van der Waals surface area contributed by atoms with Crippen LogP contribution in [0.2, 0.25) is 0 Å². The summed E-state index contributed by atoms with van der Waals surface area (Å²) < 4.78 is 32.8. The van der Waals surface area contributed by atoms with Gasteiger partial charge in [0.1, 0.15) is 5.76 Å². The van der Waals surface area contributed by atoms with Crippen molar-refractivity contribution in [2.45, 2.75) is 56.0 Å². The van der Waals surface area contributed by atoms with E-state index in [2.05, 4.69) is 10.0 Å². The maximum absolute atomic E-state index is 12.7. The smallest absolute Gasteiger partial charge is 0.322 e. The molecule has 0 radical (unpaired) electrons. The largest absolute Gasteiger partial charge is 0.468 e. The van der Waals surface area contributed by atoms with E-state index in [4.69, 9.17) is 4.42 Å². The first-order valence-electron chi connectivity index (χ1n) is 9.76. The fourth-order valence-corrected chi connectivity index (χ4v) is 4.96. The summed E-state index contributed by atoms with van der Waals surface area (Å²) in [6.45, 7) is 0.666. The predicted octanol–water partition coefficient (Wildman–Crippen LogP) is 3.16. The van der Waals surface area contributed by atoms with Crippen molar-refractivity contribution in [2.75, 3.05) is 11.4 Å². The Bertz CT molecular complexity index is 934. The topological polar surface area (TPSA) is 91.7 Å². The number of nitrogens with zero attached hydrogens (tertiary/aromatic N) is 1. The minimum Gasteiger partial charge on any atom is -0.468 e. The fourth-order valence-electron chi connectivity index (χ4n) is 3.92. The third-order valence-electron chi connectivity index (χ3n) is 5.45. The summed E-state index contributed by atoms with van der Waals surface area (Å²) in [6, 6.07) is 8.53. The van der Waals surface area contributed by atoms with E-state index in [0.717, 1.165) is 36.9 Å². The number of carbonyl (C=O) groups is 1. The van der Waals surface area contributed by atoms with Crippen LogP contribution in [-0.2, 0) is 23.0 Å². The zero-order chi connectivity index (χ0) is 19.6. The SMILES string of the molecule is O=C(NC1CCCCC1)N1CCc2cc(S(=O)(=O)NCc3ccco3)ccc21. The molecule has 2 aliphatic rings. The van der Waals surface area contributed by atoms with Crippen molar-refractivity contribution in [3.8, 4) is 0 Å². The number of amides is 2. The molecule has 0 spiro atoms. The average Bonchev–Trinajstić information content (AvgIpc) is 3.36. The average molecular weight is 404 g/mol. The van der Waals surface area contributed by atoms with Crippen LogP contribution < -0.4 is 14.9 Å². The molecule has 1 aromatic heterocycles. The molecule has 8 heteroatoms. The van der Waals surface area contributed by atoms with Gasteiger partial charge in [-0.25, -0.2) is 17.9 Å². The Kier molecular flexibility index (Phi) is 5.41. The van der Waals surface area contributed by atoms with Crippen LogP contribution in [0.5, 0.6) is 0 Å². The van der Waals surface area contributed by atoms with Gasteiger partial charge in [0, 0.05) is 18.3 Å². The summed E-state index contributed by atoms with van der Waals surface area (Å²) in [7, 11) is -3.65. The standard InChI is InChI=1S/C20H25N3O4S/c24-20(22-16-5-2-1-3-6-16)23-11-10-15-13-18(8-9-19(15)23)28(25,26)21-14-17-7-4-12-27-17/h4,7-9,12-13,16,21H,1-3,5-6,10-11,14H2,(H,22,24). The Balaban J connectivity index is 1.44. The van der Waals surface area contributed by atoms with Crippen LogP contribution in [0.25, 0.3) is 0 Å². The van der Waals surface area contributed by atoms with Crippen molar-refractivity contribution in [3.05, 3.63) is 47.9 Å². The van der Waals surface area contributed by atoms with Crippen LogP contribution in [0.1, 0.15) is 43.4 Å². The lowest BCUT2D eigenvalue weighted by Crippen LogP contribution is -2.45. The van der Waals surface area contributed by atoms with Crippen LogP contribution >= 0.6 is 0 Å². The monoisotopic (exact) mass is 403 g/mol. The van der Waals surface area contributed by atoms with Crippen molar-refractivity contribution < 1.29 is 17.6 Å². The first-order valence-corrected chi connectivity index (χ1v) is 11.2. The van der Waals surface area contributed by atoms with Gasteiger partial charge < -0.3 is 9.73 Å². The van der Waals surface area contributed by atoms with Gasteiger partial charge in [-0.3, -0.25) is 4.90 Å². The number of urea groups is 1. The summed E-state index contributed by atoms with van der Waals surface area (Å²) in [5.41, 5.74) is 1.66. The first-order chi connectivity index (χ1) is 13.5. The highest BCUT2D eigenvalue weighted by Gasteiger charge is 2.28. The van der Waals surface area contributed by atoms with Gasteiger partial charge in [0.2, 0.25) is 10.0 Å². The lowest BCUT2D eigenvalue weighted by molar-refractivity contribution is 0.238. The second kappa shape index (κ2) is 7.97. The van der Waals surface area contributed by atoms with E-state index < -0.39 is 10.0 Å². The number of sulfonamides is 1. The second-order valence-electron chi connectivity index (χ2n) is 7.38. The number of furan rings is 1. The van der Waals surface area contributed by atoms with E-state index in [1.54, 1.807) is 35.2 Å². The first kappa shape index (κ1) is 19.0. The Labute approximate surface area is 165 Å². The number of hydrogen-bond acceptors (Lipinski definition) is 4. The summed E-state index contributed by atoms with van der Waals surface area (Å²) in [5.74, 6) is 0.551. The van der Waals surface area contributed by atoms with Gasteiger partial charge in [0.15, 0.2) is 0 Å². The Morgan fingerprint density at radius 2 is 2.00 bits per heavy atom. The van der Waals surface area contributed by atoms with Crippen LogP contribution in [0.4, 0.5) is 10.5 Å². The summed E-state index contributed by atoms with van der Waals surface area (Å²) in [4.78, 5) is 14.6. The minimum absolute atomic E-state index is 0.0859. The third-order valence-corrected chi connectivity index (χ3v) is 6.85. The van der Waals surface area contributed by atoms with E-state index in [0.29, 0.717) is 18.7 Å². The van der Waals surface area contributed by atoms with E-state index in [9.17, 15) is 13.2 Å². The normalized spacial score (nSPS) is 17.5. The predicted molar refractivity (Wildman–Crippen MR) is 106 cm³/mol. The number of anilines is 1. The highest BCUT2D eigenvalue weighted by atomic mass is 32.2. The van der Waals surface area contributed by atoms with Gasteiger partial charge in [-0.05, 0) is 55.2 Å². The summed E-state index contributed by atoms with van der Waals surface area (Å²) in [6.07, 6.45) is 7.78. The zero-order valence-electron chi connectivity index (χ0n) is 15.7. The van der Waals surface area contributed by atoms with Crippen LogP contribution in [0, 0.1) is 0 Å².